The third-order valence-electron chi connectivity index (χ3n) is 5.07. The molecule has 1 fully saturated rings. The summed E-state index contributed by atoms with van der Waals surface area (Å²) in [6.07, 6.45) is 7.90. The molecule has 0 aromatic carbocycles. The maximum absolute atomic E-state index is 12.2. The van der Waals surface area contributed by atoms with Crippen LogP contribution in [0.15, 0.2) is 30.9 Å². The molecule has 0 saturated carbocycles. The molecule has 144 valence electrons. The van der Waals surface area contributed by atoms with Gasteiger partial charge in [-0.25, -0.2) is 9.97 Å². The highest BCUT2D eigenvalue weighted by Crippen LogP contribution is 2.22. The van der Waals surface area contributed by atoms with Crippen molar-refractivity contribution >= 4 is 5.91 Å². The Labute approximate surface area is 160 Å². The van der Waals surface area contributed by atoms with Crippen LogP contribution < -0.4 is 0 Å². The fourth-order valence-corrected chi connectivity index (χ4v) is 3.65. The molecule has 1 N–H and O–H groups in total. The molecule has 27 heavy (non-hydrogen) atoms. The molecule has 0 aliphatic carbocycles. The van der Waals surface area contributed by atoms with E-state index in [0.717, 1.165) is 49.3 Å². The lowest BCUT2D eigenvalue weighted by Crippen LogP contribution is -2.39. The number of hydrogen-bond acceptors (Lipinski definition) is 6. The standard InChI is InChI=1S/C20H27N5O2/c1-15-5-6-20(27)19(23-15)13-24-8-3-4-18(7-9-24)25(16(2)26)12-17-10-21-14-22-11-17/h5-6,10-11,14,18,27H,3-4,7-9,12-13H2,1-2H3/t18-/m0/s1. The summed E-state index contributed by atoms with van der Waals surface area (Å²) < 4.78 is 0. The molecule has 0 radical (unpaired) electrons. The van der Waals surface area contributed by atoms with Gasteiger partial charge in [-0.3, -0.25) is 14.7 Å². The second-order valence-electron chi connectivity index (χ2n) is 7.17. The van der Waals surface area contributed by atoms with E-state index >= 15 is 0 Å². The Morgan fingerprint density at radius 2 is 2.04 bits per heavy atom. The first-order valence-electron chi connectivity index (χ1n) is 9.42. The quantitative estimate of drug-likeness (QED) is 0.871. The topological polar surface area (TPSA) is 82.5 Å². The van der Waals surface area contributed by atoms with Gasteiger partial charge in [0.15, 0.2) is 0 Å². The Bertz CT molecular complexity index is 768. The van der Waals surface area contributed by atoms with Gasteiger partial charge in [0.2, 0.25) is 5.91 Å². The molecule has 1 atom stereocenters. The number of carbonyl (C=O) groups excluding carboxylic acids is 1. The summed E-state index contributed by atoms with van der Waals surface area (Å²) in [6.45, 7) is 6.54. The van der Waals surface area contributed by atoms with Gasteiger partial charge < -0.3 is 10.0 Å². The van der Waals surface area contributed by atoms with E-state index in [1.807, 2.05) is 17.9 Å². The summed E-state index contributed by atoms with van der Waals surface area (Å²) in [5, 5.41) is 10.1. The van der Waals surface area contributed by atoms with Crippen LogP contribution in [0.2, 0.25) is 0 Å². The summed E-state index contributed by atoms with van der Waals surface area (Å²) >= 11 is 0. The highest BCUT2D eigenvalue weighted by atomic mass is 16.3. The first kappa shape index (κ1) is 19.2. The average molecular weight is 369 g/mol. The third-order valence-corrected chi connectivity index (χ3v) is 5.07. The first-order chi connectivity index (χ1) is 13.0. The monoisotopic (exact) mass is 369 g/mol. The fourth-order valence-electron chi connectivity index (χ4n) is 3.65. The number of aromatic hydroxyl groups is 1. The van der Waals surface area contributed by atoms with E-state index in [2.05, 4.69) is 19.9 Å². The molecule has 1 saturated heterocycles. The van der Waals surface area contributed by atoms with Gasteiger partial charge in [-0.1, -0.05) is 0 Å². The van der Waals surface area contributed by atoms with Gasteiger partial charge in [0.1, 0.15) is 12.1 Å². The summed E-state index contributed by atoms with van der Waals surface area (Å²) in [4.78, 5) is 29.0. The molecule has 0 spiro atoms. The molecule has 3 heterocycles. The van der Waals surface area contributed by atoms with Gasteiger partial charge in [0.25, 0.3) is 0 Å². The van der Waals surface area contributed by atoms with E-state index in [9.17, 15) is 9.90 Å². The average Bonchev–Trinajstić information content (AvgIpc) is 2.89. The van der Waals surface area contributed by atoms with E-state index in [-0.39, 0.29) is 17.7 Å². The van der Waals surface area contributed by atoms with E-state index in [4.69, 9.17) is 0 Å². The molecular formula is C20H27N5O2. The number of pyridine rings is 1. The zero-order chi connectivity index (χ0) is 19.2. The number of nitrogens with zero attached hydrogens (tertiary/aromatic N) is 5. The van der Waals surface area contributed by atoms with Crippen LogP contribution in [0, 0.1) is 6.92 Å². The molecule has 1 aliphatic heterocycles. The minimum Gasteiger partial charge on any atom is -0.506 e. The van der Waals surface area contributed by atoms with E-state index in [0.29, 0.717) is 13.1 Å². The Kier molecular flexibility index (Phi) is 6.34. The Balaban J connectivity index is 1.64. The predicted octanol–water partition coefficient (Wildman–Crippen LogP) is 2.29. The van der Waals surface area contributed by atoms with Crippen LogP contribution in [-0.2, 0) is 17.9 Å². The van der Waals surface area contributed by atoms with Crippen molar-refractivity contribution in [1.29, 1.82) is 0 Å². The maximum Gasteiger partial charge on any atom is 0.219 e. The molecular weight excluding hydrogens is 342 g/mol. The van der Waals surface area contributed by atoms with Crippen LogP contribution >= 0.6 is 0 Å². The van der Waals surface area contributed by atoms with Crippen LogP contribution in [0.4, 0.5) is 0 Å². The number of hydrogen-bond donors (Lipinski definition) is 1. The Morgan fingerprint density at radius 1 is 1.26 bits per heavy atom. The molecule has 3 rings (SSSR count). The van der Waals surface area contributed by atoms with Crippen molar-refractivity contribution in [3.05, 3.63) is 47.8 Å². The van der Waals surface area contributed by atoms with Crippen molar-refractivity contribution in [2.45, 2.75) is 52.2 Å². The van der Waals surface area contributed by atoms with Gasteiger partial charge in [0, 0.05) is 56.3 Å². The molecule has 1 amide bonds. The van der Waals surface area contributed by atoms with Gasteiger partial charge in [-0.15, -0.1) is 0 Å². The second-order valence-corrected chi connectivity index (χ2v) is 7.17. The van der Waals surface area contributed by atoms with Crippen LogP contribution in [0.3, 0.4) is 0 Å². The molecule has 1 aliphatic rings. The largest absolute Gasteiger partial charge is 0.506 e. The lowest BCUT2D eigenvalue weighted by Gasteiger charge is -2.30. The number of aromatic nitrogens is 3. The molecule has 2 aromatic rings. The Hall–Kier alpha value is -2.54. The molecule has 7 nitrogen and oxygen atoms in total. The zero-order valence-corrected chi connectivity index (χ0v) is 16.0. The molecule has 0 unspecified atom stereocenters. The SMILES string of the molecule is CC(=O)N(Cc1cncnc1)[C@H]1CCCN(Cc2nc(C)ccc2O)CC1. The predicted molar refractivity (Wildman–Crippen MR) is 102 cm³/mol. The van der Waals surface area contributed by atoms with Crippen molar-refractivity contribution in [2.24, 2.45) is 0 Å². The van der Waals surface area contributed by atoms with Crippen LogP contribution in [-0.4, -0.2) is 54.9 Å². The minimum atomic E-state index is 0.0790. The van der Waals surface area contributed by atoms with Crippen molar-refractivity contribution in [2.75, 3.05) is 13.1 Å². The lowest BCUT2D eigenvalue weighted by molar-refractivity contribution is -0.132. The van der Waals surface area contributed by atoms with Gasteiger partial charge in [0.05, 0.1) is 5.69 Å². The van der Waals surface area contributed by atoms with Crippen LogP contribution in [0.5, 0.6) is 5.75 Å². The third kappa shape index (κ3) is 5.23. The maximum atomic E-state index is 12.2. The first-order valence-corrected chi connectivity index (χ1v) is 9.42. The van der Waals surface area contributed by atoms with Crippen molar-refractivity contribution < 1.29 is 9.90 Å². The van der Waals surface area contributed by atoms with Gasteiger partial charge >= 0.3 is 0 Å². The summed E-state index contributed by atoms with van der Waals surface area (Å²) in [7, 11) is 0. The normalized spacial score (nSPS) is 18.1. The number of aryl methyl sites for hydroxylation is 1. The van der Waals surface area contributed by atoms with Crippen LogP contribution in [0.25, 0.3) is 0 Å². The lowest BCUT2D eigenvalue weighted by atomic mass is 10.1. The van der Waals surface area contributed by atoms with Crippen molar-refractivity contribution in [3.63, 3.8) is 0 Å². The number of carbonyl (C=O) groups is 1. The highest BCUT2D eigenvalue weighted by Gasteiger charge is 2.25. The minimum absolute atomic E-state index is 0.0790. The Morgan fingerprint density at radius 3 is 2.78 bits per heavy atom. The smallest absolute Gasteiger partial charge is 0.219 e. The van der Waals surface area contributed by atoms with E-state index in [1.54, 1.807) is 25.4 Å². The molecule has 2 aromatic heterocycles. The highest BCUT2D eigenvalue weighted by molar-refractivity contribution is 5.73. The molecule has 0 bridgehead atoms. The number of rotatable bonds is 5. The van der Waals surface area contributed by atoms with Gasteiger partial charge in [-0.2, -0.15) is 0 Å². The van der Waals surface area contributed by atoms with Crippen LogP contribution in [0.1, 0.15) is 43.1 Å². The molecule has 7 heteroatoms. The second kappa shape index (κ2) is 8.90. The number of amides is 1. The van der Waals surface area contributed by atoms with Crippen molar-refractivity contribution in [3.8, 4) is 5.75 Å². The summed E-state index contributed by atoms with van der Waals surface area (Å²) in [6, 6.07) is 3.72. The fraction of sp³-hybridized carbons (Fsp3) is 0.500. The van der Waals surface area contributed by atoms with Crippen molar-refractivity contribution in [1.82, 2.24) is 24.8 Å². The summed E-state index contributed by atoms with van der Waals surface area (Å²) in [5.74, 6) is 0.325. The zero-order valence-electron chi connectivity index (χ0n) is 16.0. The van der Waals surface area contributed by atoms with E-state index < -0.39 is 0 Å². The summed E-state index contributed by atoms with van der Waals surface area (Å²) in [5.41, 5.74) is 2.57. The van der Waals surface area contributed by atoms with Gasteiger partial charge in [-0.05, 0) is 44.9 Å². The van der Waals surface area contributed by atoms with E-state index in [1.165, 1.54) is 6.33 Å². The number of likely N-dealkylation sites (tertiary alicyclic amines) is 1.